The second-order valence-corrected chi connectivity index (χ2v) is 5.21. The number of aryl methyl sites for hydroxylation is 1. The van der Waals surface area contributed by atoms with Crippen molar-refractivity contribution in [1.82, 2.24) is 20.2 Å². The highest BCUT2D eigenvalue weighted by Gasteiger charge is 2.11. The quantitative estimate of drug-likeness (QED) is 0.811. The number of nitrogen functional groups attached to an aromatic ring is 1. The van der Waals surface area contributed by atoms with E-state index < -0.39 is 0 Å². The van der Waals surface area contributed by atoms with Crippen LogP contribution < -0.4 is 15.5 Å². The van der Waals surface area contributed by atoms with Gasteiger partial charge in [0.15, 0.2) is 5.82 Å². The highest BCUT2D eigenvalue weighted by atomic mass is 15.3. The molecule has 0 aliphatic carbocycles. The number of rotatable bonds is 6. The summed E-state index contributed by atoms with van der Waals surface area (Å²) in [5.41, 5.74) is 6.85. The van der Waals surface area contributed by atoms with Crippen LogP contribution in [0.1, 0.15) is 17.7 Å². The molecule has 0 radical (unpaired) electrons. The summed E-state index contributed by atoms with van der Waals surface area (Å²) < 4.78 is 0. The molecule has 0 saturated heterocycles. The van der Waals surface area contributed by atoms with Gasteiger partial charge in [0, 0.05) is 33.9 Å². The smallest absolute Gasteiger partial charge is 0.226 e. The lowest BCUT2D eigenvalue weighted by Crippen LogP contribution is -2.22. The Balaban J connectivity index is 1.94. The molecular formula is C14H20N8. The molecule has 3 N–H and O–H groups in total. The molecule has 8 nitrogen and oxygen atoms in total. The van der Waals surface area contributed by atoms with Crippen molar-refractivity contribution in [3.63, 3.8) is 0 Å². The SMILES string of the molecule is CN(C)c1nccc(N(C)CCCc2[nH]nc(N)c2C#N)n1. The van der Waals surface area contributed by atoms with Crippen molar-refractivity contribution in [2.45, 2.75) is 12.8 Å². The Morgan fingerprint density at radius 2 is 2.14 bits per heavy atom. The highest BCUT2D eigenvalue weighted by molar-refractivity contribution is 5.51. The van der Waals surface area contributed by atoms with Crippen LogP contribution in [0.3, 0.4) is 0 Å². The first-order chi connectivity index (χ1) is 10.5. The van der Waals surface area contributed by atoms with E-state index in [1.807, 2.05) is 32.1 Å². The zero-order valence-corrected chi connectivity index (χ0v) is 13.0. The average molecular weight is 300 g/mol. The van der Waals surface area contributed by atoms with Gasteiger partial charge in [-0.3, -0.25) is 5.10 Å². The third-order valence-electron chi connectivity index (χ3n) is 3.32. The minimum absolute atomic E-state index is 0.261. The van der Waals surface area contributed by atoms with Crippen molar-refractivity contribution in [3.8, 4) is 6.07 Å². The number of aromatic amines is 1. The summed E-state index contributed by atoms with van der Waals surface area (Å²) in [5, 5.41) is 15.7. The molecule has 0 fully saturated rings. The topological polar surface area (TPSA) is 111 Å². The van der Waals surface area contributed by atoms with E-state index >= 15 is 0 Å². The molecule has 0 unspecified atom stereocenters. The molecule has 2 aromatic heterocycles. The fraction of sp³-hybridized carbons (Fsp3) is 0.429. The molecule has 2 rings (SSSR count). The standard InChI is InChI=1S/C14H20N8/c1-21(2)14-17-7-6-12(18-14)22(3)8-4-5-11-10(9-15)13(16)20-19-11/h6-7H,4-5,8H2,1-3H3,(H3,16,19,20). The Labute approximate surface area is 129 Å². The van der Waals surface area contributed by atoms with Crippen LogP contribution in [-0.4, -0.2) is 47.9 Å². The van der Waals surface area contributed by atoms with E-state index in [1.165, 1.54) is 0 Å². The predicted octanol–water partition coefficient (Wildman–Crippen LogP) is 0.789. The van der Waals surface area contributed by atoms with Gasteiger partial charge in [0.2, 0.25) is 5.95 Å². The van der Waals surface area contributed by atoms with Crippen LogP contribution in [0.4, 0.5) is 17.6 Å². The van der Waals surface area contributed by atoms with Crippen LogP contribution in [0, 0.1) is 11.3 Å². The second kappa shape index (κ2) is 6.76. The van der Waals surface area contributed by atoms with Gasteiger partial charge >= 0.3 is 0 Å². The van der Waals surface area contributed by atoms with Gasteiger partial charge in [0.25, 0.3) is 0 Å². The van der Waals surface area contributed by atoms with Crippen LogP contribution in [0.25, 0.3) is 0 Å². The van der Waals surface area contributed by atoms with Crippen molar-refractivity contribution >= 4 is 17.6 Å². The third-order valence-corrected chi connectivity index (χ3v) is 3.32. The van der Waals surface area contributed by atoms with E-state index in [0.717, 1.165) is 24.5 Å². The number of nitriles is 1. The molecule has 0 aliphatic rings. The molecule has 22 heavy (non-hydrogen) atoms. The molecule has 0 bridgehead atoms. The van der Waals surface area contributed by atoms with Gasteiger partial charge in [0.05, 0.1) is 5.69 Å². The highest BCUT2D eigenvalue weighted by Crippen LogP contribution is 2.15. The summed E-state index contributed by atoms with van der Waals surface area (Å²) in [4.78, 5) is 12.6. The summed E-state index contributed by atoms with van der Waals surface area (Å²) >= 11 is 0. The maximum absolute atomic E-state index is 9.04. The van der Waals surface area contributed by atoms with Crippen LogP contribution in [0.5, 0.6) is 0 Å². The van der Waals surface area contributed by atoms with Crippen molar-refractivity contribution in [1.29, 1.82) is 5.26 Å². The van der Waals surface area contributed by atoms with Crippen molar-refractivity contribution in [2.24, 2.45) is 0 Å². The lowest BCUT2D eigenvalue weighted by atomic mass is 10.1. The molecule has 8 heteroatoms. The van der Waals surface area contributed by atoms with Gasteiger partial charge < -0.3 is 15.5 Å². The molecule has 2 heterocycles. The van der Waals surface area contributed by atoms with E-state index in [9.17, 15) is 0 Å². The number of anilines is 3. The lowest BCUT2D eigenvalue weighted by Gasteiger charge is -2.19. The molecule has 0 aliphatic heterocycles. The van der Waals surface area contributed by atoms with Gasteiger partial charge in [0.1, 0.15) is 17.5 Å². The third kappa shape index (κ3) is 3.44. The Kier molecular flexibility index (Phi) is 4.78. The number of hydrogen-bond acceptors (Lipinski definition) is 7. The molecule has 0 aromatic carbocycles. The zero-order chi connectivity index (χ0) is 16.1. The van der Waals surface area contributed by atoms with Crippen LogP contribution in [0.15, 0.2) is 12.3 Å². The molecule has 0 saturated carbocycles. The van der Waals surface area contributed by atoms with Gasteiger partial charge in [-0.2, -0.15) is 15.3 Å². The van der Waals surface area contributed by atoms with E-state index in [4.69, 9.17) is 11.0 Å². The van der Waals surface area contributed by atoms with Crippen molar-refractivity contribution < 1.29 is 0 Å². The van der Waals surface area contributed by atoms with E-state index in [1.54, 1.807) is 6.20 Å². The Morgan fingerprint density at radius 3 is 2.82 bits per heavy atom. The zero-order valence-electron chi connectivity index (χ0n) is 13.0. The number of H-pyrrole nitrogens is 1. The van der Waals surface area contributed by atoms with Crippen molar-refractivity contribution in [2.75, 3.05) is 43.2 Å². The molecule has 0 atom stereocenters. The summed E-state index contributed by atoms with van der Waals surface area (Å²) in [5.74, 6) is 1.80. The maximum Gasteiger partial charge on any atom is 0.226 e. The lowest BCUT2D eigenvalue weighted by molar-refractivity contribution is 0.757. The molecule has 0 spiro atoms. The molecular weight excluding hydrogens is 280 g/mol. The first kappa shape index (κ1) is 15.6. The van der Waals surface area contributed by atoms with Crippen LogP contribution >= 0.6 is 0 Å². The fourth-order valence-corrected chi connectivity index (χ4v) is 2.07. The number of aromatic nitrogens is 4. The normalized spacial score (nSPS) is 10.3. The maximum atomic E-state index is 9.04. The molecule has 2 aromatic rings. The molecule has 116 valence electrons. The van der Waals surface area contributed by atoms with Crippen molar-refractivity contribution in [3.05, 3.63) is 23.5 Å². The summed E-state index contributed by atoms with van der Waals surface area (Å²) in [7, 11) is 5.80. The summed E-state index contributed by atoms with van der Waals surface area (Å²) in [6.45, 7) is 0.799. The van der Waals surface area contributed by atoms with Crippen LogP contribution in [0.2, 0.25) is 0 Å². The number of nitrogens with zero attached hydrogens (tertiary/aromatic N) is 6. The minimum atomic E-state index is 0.261. The first-order valence-corrected chi connectivity index (χ1v) is 6.97. The van der Waals surface area contributed by atoms with E-state index in [2.05, 4.69) is 31.1 Å². The minimum Gasteiger partial charge on any atom is -0.381 e. The number of nitrogens with two attached hydrogens (primary N) is 1. The fourth-order valence-electron chi connectivity index (χ4n) is 2.07. The largest absolute Gasteiger partial charge is 0.381 e. The van der Waals surface area contributed by atoms with Gasteiger partial charge in [-0.1, -0.05) is 0 Å². The van der Waals surface area contributed by atoms with Gasteiger partial charge in [-0.15, -0.1) is 0 Å². The molecule has 0 amide bonds. The Morgan fingerprint density at radius 1 is 1.36 bits per heavy atom. The number of hydrogen-bond donors (Lipinski definition) is 2. The monoisotopic (exact) mass is 300 g/mol. The Hall–Kier alpha value is -2.82. The van der Waals surface area contributed by atoms with Crippen LogP contribution in [-0.2, 0) is 6.42 Å². The van der Waals surface area contributed by atoms with E-state index in [-0.39, 0.29) is 5.82 Å². The van der Waals surface area contributed by atoms with Gasteiger partial charge in [-0.25, -0.2) is 4.98 Å². The first-order valence-electron chi connectivity index (χ1n) is 6.97. The predicted molar refractivity (Wildman–Crippen MR) is 85.7 cm³/mol. The van der Waals surface area contributed by atoms with Gasteiger partial charge in [-0.05, 0) is 18.9 Å². The van der Waals surface area contributed by atoms with E-state index in [0.29, 0.717) is 17.9 Å². The Bertz CT molecular complexity index is 670. The second-order valence-electron chi connectivity index (χ2n) is 5.21. The average Bonchev–Trinajstić information content (AvgIpc) is 2.87. The number of nitrogens with one attached hydrogen (secondary N) is 1. The summed E-state index contributed by atoms with van der Waals surface area (Å²) in [6, 6.07) is 3.95. The summed E-state index contributed by atoms with van der Waals surface area (Å²) in [6.07, 6.45) is 3.31.